The fourth-order valence-corrected chi connectivity index (χ4v) is 0.767. The average molecular weight is 159 g/mol. The Labute approximate surface area is 63.4 Å². The zero-order valence-electron chi connectivity index (χ0n) is 6.24. The van der Waals surface area contributed by atoms with Crippen molar-refractivity contribution < 1.29 is 4.39 Å². The summed E-state index contributed by atoms with van der Waals surface area (Å²) in [6.45, 7) is 2.31. The van der Waals surface area contributed by atoms with E-state index in [0.29, 0.717) is 6.54 Å². The molecule has 0 amide bonds. The molecule has 0 aliphatic heterocycles. The quantitative estimate of drug-likeness (QED) is 0.655. The molecule has 0 aliphatic rings. The highest BCUT2D eigenvalue weighted by molar-refractivity contribution is 4.87. The summed E-state index contributed by atoms with van der Waals surface area (Å²) in [5.41, 5.74) is 5.10. The third kappa shape index (κ3) is 1.51. The minimum Gasteiger partial charge on any atom is -0.327 e. The summed E-state index contributed by atoms with van der Waals surface area (Å²) in [5.74, 6) is 0.204. The molecule has 0 aromatic carbocycles. The van der Waals surface area contributed by atoms with Crippen molar-refractivity contribution in [2.24, 2.45) is 5.73 Å². The molecular formula is C5H10FN5. The van der Waals surface area contributed by atoms with Crippen molar-refractivity contribution in [3.63, 3.8) is 0 Å². The number of nitrogens with two attached hydrogens (primary N) is 1. The van der Waals surface area contributed by atoms with E-state index in [1.165, 1.54) is 4.68 Å². The van der Waals surface area contributed by atoms with Gasteiger partial charge in [-0.1, -0.05) is 0 Å². The van der Waals surface area contributed by atoms with E-state index >= 15 is 0 Å². The zero-order chi connectivity index (χ0) is 8.27. The molecule has 5 nitrogen and oxygen atoms in total. The molecule has 1 unspecified atom stereocenters. The Kier molecular flexibility index (Phi) is 2.48. The van der Waals surface area contributed by atoms with Crippen molar-refractivity contribution in [1.82, 2.24) is 20.2 Å². The van der Waals surface area contributed by atoms with Crippen LogP contribution in [0.4, 0.5) is 4.39 Å². The molecule has 62 valence electrons. The van der Waals surface area contributed by atoms with Gasteiger partial charge in [-0.05, 0) is 17.4 Å². The van der Waals surface area contributed by atoms with Crippen LogP contribution in [0.2, 0.25) is 0 Å². The Morgan fingerprint density at radius 3 is 3.00 bits per heavy atom. The van der Waals surface area contributed by atoms with Gasteiger partial charge in [0.25, 0.3) is 0 Å². The number of alkyl halides is 1. The van der Waals surface area contributed by atoms with Crippen molar-refractivity contribution in [2.45, 2.75) is 19.6 Å². The Hall–Kier alpha value is -1.04. The molecule has 1 atom stereocenters. The second-order valence-electron chi connectivity index (χ2n) is 2.06. The number of hydrogen-bond donors (Lipinski definition) is 1. The Morgan fingerprint density at radius 1 is 1.73 bits per heavy atom. The maximum Gasteiger partial charge on any atom is 0.186 e. The Balaban J connectivity index is 2.83. The minimum absolute atomic E-state index is 0.0830. The van der Waals surface area contributed by atoms with Crippen LogP contribution < -0.4 is 5.73 Å². The summed E-state index contributed by atoms with van der Waals surface area (Å²) in [7, 11) is 0. The van der Waals surface area contributed by atoms with Crippen LogP contribution >= 0.6 is 0 Å². The minimum atomic E-state index is -1.26. The molecule has 0 saturated carbocycles. The molecule has 0 radical (unpaired) electrons. The van der Waals surface area contributed by atoms with E-state index in [0.717, 1.165) is 0 Å². The molecule has 1 aromatic heterocycles. The third-order valence-corrected chi connectivity index (χ3v) is 1.35. The number of tetrazole rings is 1. The van der Waals surface area contributed by atoms with Gasteiger partial charge >= 0.3 is 0 Å². The molecule has 2 N–H and O–H groups in total. The van der Waals surface area contributed by atoms with E-state index in [9.17, 15) is 4.39 Å². The number of nitrogens with zero attached hydrogens (tertiary/aromatic N) is 4. The van der Waals surface area contributed by atoms with Gasteiger partial charge in [-0.3, -0.25) is 0 Å². The molecule has 0 bridgehead atoms. The summed E-state index contributed by atoms with van der Waals surface area (Å²) in [6, 6.07) is 0. The molecule has 6 heteroatoms. The normalized spacial score (nSPS) is 13.4. The lowest BCUT2D eigenvalue weighted by atomic mass is 10.4. The van der Waals surface area contributed by atoms with Crippen molar-refractivity contribution in [3.8, 4) is 0 Å². The first-order valence-corrected chi connectivity index (χ1v) is 3.39. The maximum atomic E-state index is 12.9. The first-order chi connectivity index (χ1) is 5.29. The SMILES string of the molecule is CCn1nnnc1C(F)CN. The van der Waals surface area contributed by atoms with Crippen molar-refractivity contribution >= 4 is 0 Å². The van der Waals surface area contributed by atoms with Crippen LogP contribution in [0.5, 0.6) is 0 Å². The lowest BCUT2D eigenvalue weighted by Crippen LogP contribution is -2.14. The van der Waals surface area contributed by atoms with Gasteiger partial charge in [0, 0.05) is 13.1 Å². The van der Waals surface area contributed by atoms with Crippen molar-refractivity contribution in [1.29, 1.82) is 0 Å². The van der Waals surface area contributed by atoms with E-state index in [1.54, 1.807) is 0 Å². The van der Waals surface area contributed by atoms with Gasteiger partial charge in [-0.15, -0.1) is 5.10 Å². The highest BCUT2D eigenvalue weighted by Crippen LogP contribution is 2.10. The fourth-order valence-electron chi connectivity index (χ4n) is 0.767. The first kappa shape index (κ1) is 8.06. The van der Waals surface area contributed by atoms with Gasteiger partial charge in [0.15, 0.2) is 12.0 Å². The third-order valence-electron chi connectivity index (χ3n) is 1.35. The summed E-state index contributed by atoms with van der Waals surface area (Å²) >= 11 is 0. The largest absolute Gasteiger partial charge is 0.327 e. The molecule has 11 heavy (non-hydrogen) atoms. The molecule has 1 heterocycles. The van der Waals surface area contributed by atoms with Crippen molar-refractivity contribution in [3.05, 3.63) is 5.82 Å². The monoisotopic (exact) mass is 159 g/mol. The van der Waals surface area contributed by atoms with Crippen LogP contribution in [-0.2, 0) is 6.54 Å². The highest BCUT2D eigenvalue weighted by Gasteiger charge is 2.14. The zero-order valence-corrected chi connectivity index (χ0v) is 6.24. The number of aryl methyl sites for hydroxylation is 1. The fraction of sp³-hybridized carbons (Fsp3) is 0.800. The second-order valence-corrected chi connectivity index (χ2v) is 2.06. The molecule has 0 fully saturated rings. The highest BCUT2D eigenvalue weighted by atomic mass is 19.1. The summed E-state index contributed by atoms with van der Waals surface area (Å²) < 4.78 is 14.2. The second kappa shape index (κ2) is 3.38. The van der Waals surface area contributed by atoms with E-state index in [1.807, 2.05) is 6.92 Å². The number of halogens is 1. The summed E-state index contributed by atoms with van der Waals surface area (Å²) in [6.07, 6.45) is -1.26. The maximum absolute atomic E-state index is 12.9. The van der Waals surface area contributed by atoms with Crippen molar-refractivity contribution in [2.75, 3.05) is 6.54 Å². The van der Waals surface area contributed by atoms with E-state index < -0.39 is 6.17 Å². The van der Waals surface area contributed by atoms with Gasteiger partial charge in [0.2, 0.25) is 0 Å². The van der Waals surface area contributed by atoms with Crippen LogP contribution in [0.15, 0.2) is 0 Å². The van der Waals surface area contributed by atoms with Gasteiger partial charge in [0.1, 0.15) is 0 Å². The first-order valence-electron chi connectivity index (χ1n) is 3.39. The molecule has 1 rings (SSSR count). The predicted octanol–water partition coefficient (Wildman–Crippen LogP) is -0.338. The number of aromatic nitrogens is 4. The summed E-state index contributed by atoms with van der Waals surface area (Å²) in [5, 5.41) is 10.4. The van der Waals surface area contributed by atoms with Crippen LogP contribution in [0.1, 0.15) is 18.9 Å². The van der Waals surface area contributed by atoms with E-state index in [-0.39, 0.29) is 12.4 Å². The standard InChI is InChI=1S/C5H10FN5/c1-2-11-5(4(6)3-7)8-9-10-11/h4H,2-3,7H2,1H3. The molecular weight excluding hydrogens is 149 g/mol. The molecule has 0 saturated heterocycles. The van der Waals surface area contributed by atoms with Crippen LogP contribution in [0.3, 0.4) is 0 Å². The van der Waals surface area contributed by atoms with Gasteiger partial charge in [-0.25, -0.2) is 9.07 Å². The van der Waals surface area contributed by atoms with E-state index in [2.05, 4.69) is 15.5 Å². The Bertz CT molecular complexity index is 222. The predicted molar refractivity (Wildman–Crippen MR) is 36.4 cm³/mol. The molecule has 0 spiro atoms. The van der Waals surface area contributed by atoms with Gasteiger partial charge in [0.05, 0.1) is 0 Å². The number of rotatable bonds is 3. The van der Waals surface area contributed by atoms with E-state index in [4.69, 9.17) is 5.73 Å². The molecule has 1 aromatic rings. The lowest BCUT2D eigenvalue weighted by Gasteiger charge is -2.02. The summed E-state index contributed by atoms with van der Waals surface area (Å²) in [4.78, 5) is 0. The Morgan fingerprint density at radius 2 is 2.45 bits per heavy atom. The van der Waals surface area contributed by atoms with Crippen LogP contribution in [-0.4, -0.2) is 26.8 Å². The van der Waals surface area contributed by atoms with Gasteiger partial charge < -0.3 is 5.73 Å². The van der Waals surface area contributed by atoms with Gasteiger partial charge in [-0.2, -0.15) is 0 Å². The molecule has 0 aliphatic carbocycles. The van der Waals surface area contributed by atoms with Crippen LogP contribution in [0.25, 0.3) is 0 Å². The topological polar surface area (TPSA) is 69.6 Å². The smallest absolute Gasteiger partial charge is 0.186 e. The number of hydrogen-bond acceptors (Lipinski definition) is 4. The van der Waals surface area contributed by atoms with Crippen LogP contribution in [0, 0.1) is 0 Å². The lowest BCUT2D eigenvalue weighted by molar-refractivity contribution is 0.321. The average Bonchev–Trinajstić information content (AvgIpc) is 2.50.